The molecule has 134 valence electrons. The third kappa shape index (κ3) is 3.27. The lowest BCUT2D eigenvalue weighted by atomic mass is 10.2. The monoisotopic (exact) mass is 377 g/mol. The summed E-state index contributed by atoms with van der Waals surface area (Å²) in [5.74, 6) is 0.639. The summed E-state index contributed by atoms with van der Waals surface area (Å²) in [6.45, 7) is 0. The molecule has 1 aromatic carbocycles. The zero-order valence-electron chi connectivity index (χ0n) is 14.6. The Kier molecular flexibility index (Phi) is 4.57. The van der Waals surface area contributed by atoms with Crippen molar-refractivity contribution in [3.63, 3.8) is 0 Å². The average molecular weight is 377 g/mol. The second kappa shape index (κ2) is 7.17. The maximum atomic E-state index is 13.2. The molecule has 0 saturated carbocycles. The van der Waals surface area contributed by atoms with E-state index in [0.29, 0.717) is 12.8 Å². The van der Waals surface area contributed by atoms with Crippen LogP contribution in [-0.4, -0.2) is 21.4 Å². The molecule has 0 aliphatic carbocycles. The van der Waals surface area contributed by atoms with E-state index in [1.54, 1.807) is 12.1 Å². The smallest absolute Gasteiger partial charge is 0.191 e. The minimum absolute atomic E-state index is 0.265. The van der Waals surface area contributed by atoms with Crippen molar-refractivity contribution in [2.75, 3.05) is 11.9 Å². The quantitative estimate of drug-likeness (QED) is 0.500. The fourth-order valence-corrected chi connectivity index (χ4v) is 3.79. The highest BCUT2D eigenvalue weighted by molar-refractivity contribution is 7.14. The van der Waals surface area contributed by atoms with E-state index in [9.17, 15) is 4.39 Å². The molecular formula is C20H16FN5S. The third-order valence-corrected chi connectivity index (χ3v) is 5.20. The summed E-state index contributed by atoms with van der Waals surface area (Å²) in [7, 11) is 1.94. The number of hydrogen-bond donors (Lipinski definition) is 0. The molecule has 27 heavy (non-hydrogen) atoms. The number of benzene rings is 1. The van der Waals surface area contributed by atoms with E-state index in [1.807, 2.05) is 46.1 Å². The molecule has 0 N–H and O–H groups in total. The molecule has 3 aromatic heterocycles. The zero-order valence-corrected chi connectivity index (χ0v) is 15.4. The largest absolute Gasteiger partial charge is 0.305 e. The fraction of sp³-hybridized carbons (Fsp3) is 0.150. The minimum Gasteiger partial charge on any atom is -0.305 e. The Morgan fingerprint density at radius 3 is 2.78 bits per heavy atom. The summed E-state index contributed by atoms with van der Waals surface area (Å²) in [5.41, 5.74) is 3.37. The van der Waals surface area contributed by atoms with Gasteiger partial charge in [0.05, 0.1) is 17.5 Å². The molecule has 0 bridgehead atoms. The van der Waals surface area contributed by atoms with E-state index in [-0.39, 0.29) is 5.82 Å². The Bertz CT molecular complexity index is 1120. The molecule has 0 amide bonds. The summed E-state index contributed by atoms with van der Waals surface area (Å²) in [4.78, 5) is 11.4. The molecule has 4 aromatic rings. The van der Waals surface area contributed by atoms with Gasteiger partial charge in [0, 0.05) is 37.0 Å². The molecule has 0 fully saturated rings. The number of hydrogen-bond acceptors (Lipinski definition) is 5. The first kappa shape index (κ1) is 17.2. The van der Waals surface area contributed by atoms with Gasteiger partial charge in [0.25, 0.3) is 0 Å². The first-order valence-electron chi connectivity index (χ1n) is 8.45. The van der Waals surface area contributed by atoms with Crippen LogP contribution in [0, 0.1) is 17.1 Å². The van der Waals surface area contributed by atoms with Gasteiger partial charge in [-0.3, -0.25) is 4.40 Å². The van der Waals surface area contributed by atoms with Gasteiger partial charge in [0.15, 0.2) is 5.13 Å². The fourth-order valence-electron chi connectivity index (χ4n) is 2.99. The predicted molar refractivity (Wildman–Crippen MR) is 105 cm³/mol. The van der Waals surface area contributed by atoms with Crippen molar-refractivity contribution in [1.29, 1.82) is 5.26 Å². The Labute approximate surface area is 160 Å². The number of nitrogens with zero attached hydrogens (tertiary/aromatic N) is 5. The molecule has 0 aliphatic rings. The SMILES string of the molecule is CN(c1nc(-c2ccc(F)cc2)cs1)c1c(CCC#N)nc2ccccn12. The topological polar surface area (TPSA) is 57.2 Å². The van der Waals surface area contributed by atoms with Crippen molar-refractivity contribution in [3.05, 3.63) is 65.6 Å². The lowest BCUT2D eigenvalue weighted by Crippen LogP contribution is -2.13. The highest BCUT2D eigenvalue weighted by Gasteiger charge is 2.19. The van der Waals surface area contributed by atoms with Crippen LogP contribution in [-0.2, 0) is 6.42 Å². The molecule has 4 rings (SSSR count). The molecule has 3 heterocycles. The van der Waals surface area contributed by atoms with Gasteiger partial charge in [0.1, 0.15) is 17.3 Å². The van der Waals surface area contributed by atoms with Crippen LogP contribution in [0.5, 0.6) is 0 Å². The second-order valence-electron chi connectivity index (χ2n) is 6.05. The normalized spacial score (nSPS) is 10.9. The number of anilines is 2. The lowest BCUT2D eigenvalue weighted by molar-refractivity contribution is 0.628. The molecule has 0 saturated heterocycles. The molecule has 0 aliphatic heterocycles. The molecule has 5 nitrogen and oxygen atoms in total. The molecular weight excluding hydrogens is 361 g/mol. The van der Waals surface area contributed by atoms with Crippen molar-refractivity contribution in [2.24, 2.45) is 0 Å². The molecule has 0 unspecified atom stereocenters. The highest BCUT2D eigenvalue weighted by atomic mass is 32.1. The standard InChI is InChI=1S/C20H16FN5S/c1-25(20-24-17(13-27-20)14-7-9-15(21)10-8-14)19-16(5-4-11-22)23-18-6-2-3-12-26(18)19/h2-3,6-10,12-13H,4-5H2,1H3. The van der Waals surface area contributed by atoms with Gasteiger partial charge in [-0.2, -0.15) is 5.26 Å². The van der Waals surface area contributed by atoms with Crippen LogP contribution in [0.4, 0.5) is 15.3 Å². The minimum atomic E-state index is -0.265. The molecule has 0 spiro atoms. The second-order valence-corrected chi connectivity index (χ2v) is 6.89. The Balaban J connectivity index is 1.73. The Morgan fingerprint density at radius 2 is 2.00 bits per heavy atom. The van der Waals surface area contributed by atoms with Crippen LogP contribution in [0.1, 0.15) is 12.1 Å². The molecule has 7 heteroatoms. The van der Waals surface area contributed by atoms with E-state index in [2.05, 4.69) is 11.1 Å². The lowest BCUT2D eigenvalue weighted by Gasteiger charge is -2.17. The van der Waals surface area contributed by atoms with Crippen LogP contribution in [0.15, 0.2) is 54.0 Å². The van der Waals surface area contributed by atoms with E-state index in [1.165, 1.54) is 23.5 Å². The third-order valence-electron chi connectivity index (χ3n) is 4.28. The maximum Gasteiger partial charge on any atom is 0.191 e. The van der Waals surface area contributed by atoms with Crippen LogP contribution in [0.2, 0.25) is 0 Å². The summed E-state index contributed by atoms with van der Waals surface area (Å²) >= 11 is 1.51. The average Bonchev–Trinajstić information content (AvgIpc) is 3.31. The summed E-state index contributed by atoms with van der Waals surface area (Å²) in [6, 6.07) is 14.3. The number of aryl methyl sites for hydroxylation is 1. The van der Waals surface area contributed by atoms with Crippen molar-refractivity contribution >= 4 is 27.9 Å². The van der Waals surface area contributed by atoms with Gasteiger partial charge in [-0.1, -0.05) is 6.07 Å². The number of rotatable bonds is 5. The Hall–Kier alpha value is -3.24. The summed E-state index contributed by atoms with van der Waals surface area (Å²) < 4.78 is 15.2. The van der Waals surface area contributed by atoms with Crippen molar-refractivity contribution in [3.8, 4) is 17.3 Å². The molecule has 0 atom stereocenters. The van der Waals surface area contributed by atoms with Gasteiger partial charge in [0.2, 0.25) is 0 Å². The number of halogens is 1. The van der Waals surface area contributed by atoms with Gasteiger partial charge < -0.3 is 4.90 Å². The molecule has 0 radical (unpaired) electrons. The van der Waals surface area contributed by atoms with Crippen molar-refractivity contribution < 1.29 is 4.39 Å². The number of thiazole rings is 1. The number of imidazole rings is 1. The van der Waals surface area contributed by atoms with E-state index >= 15 is 0 Å². The highest BCUT2D eigenvalue weighted by Crippen LogP contribution is 2.33. The first-order valence-corrected chi connectivity index (χ1v) is 9.33. The zero-order chi connectivity index (χ0) is 18.8. The van der Waals surface area contributed by atoms with Crippen LogP contribution in [0.3, 0.4) is 0 Å². The maximum absolute atomic E-state index is 13.2. The van der Waals surface area contributed by atoms with Crippen LogP contribution >= 0.6 is 11.3 Å². The van der Waals surface area contributed by atoms with Gasteiger partial charge >= 0.3 is 0 Å². The van der Waals surface area contributed by atoms with E-state index in [0.717, 1.165) is 33.5 Å². The number of aromatic nitrogens is 3. The van der Waals surface area contributed by atoms with Crippen LogP contribution in [0.25, 0.3) is 16.9 Å². The number of pyridine rings is 1. The van der Waals surface area contributed by atoms with E-state index in [4.69, 9.17) is 10.2 Å². The predicted octanol–water partition coefficient (Wildman–Crippen LogP) is 4.82. The summed E-state index contributed by atoms with van der Waals surface area (Å²) in [6.07, 6.45) is 2.94. The Morgan fingerprint density at radius 1 is 1.19 bits per heavy atom. The van der Waals surface area contributed by atoms with Gasteiger partial charge in [-0.05, 0) is 36.4 Å². The van der Waals surface area contributed by atoms with Gasteiger partial charge in [-0.15, -0.1) is 11.3 Å². The number of fused-ring (bicyclic) bond motifs is 1. The van der Waals surface area contributed by atoms with Gasteiger partial charge in [-0.25, -0.2) is 14.4 Å². The van der Waals surface area contributed by atoms with E-state index < -0.39 is 0 Å². The van der Waals surface area contributed by atoms with Crippen molar-refractivity contribution in [1.82, 2.24) is 14.4 Å². The summed E-state index contributed by atoms with van der Waals surface area (Å²) in [5, 5.41) is 11.7. The van der Waals surface area contributed by atoms with Crippen molar-refractivity contribution in [2.45, 2.75) is 12.8 Å². The van der Waals surface area contributed by atoms with Crippen LogP contribution < -0.4 is 4.90 Å². The number of nitriles is 1. The first-order chi connectivity index (χ1) is 13.2.